The van der Waals surface area contributed by atoms with Crippen LogP contribution in [0.2, 0.25) is 0 Å². The second-order valence-corrected chi connectivity index (χ2v) is 8.83. The minimum atomic E-state index is 0.381. The Labute approximate surface area is 140 Å². The van der Waals surface area contributed by atoms with Gasteiger partial charge < -0.3 is 0 Å². The summed E-state index contributed by atoms with van der Waals surface area (Å²) in [6.45, 7) is 0. The molecule has 3 heteroatoms. The molecule has 92 valence electrons. The van der Waals surface area contributed by atoms with Gasteiger partial charge in [0, 0.05) is 0 Å². The van der Waals surface area contributed by atoms with Gasteiger partial charge >= 0.3 is 141 Å². The van der Waals surface area contributed by atoms with Crippen LogP contribution in [-0.2, 0) is 0 Å². The van der Waals surface area contributed by atoms with Crippen molar-refractivity contribution < 1.29 is 0 Å². The van der Waals surface area contributed by atoms with E-state index in [4.69, 9.17) is 0 Å². The third-order valence-corrected chi connectivity index (χ3v) is 7.74. The van der Waals surface area contributed by atoms with Gasteiger partial charge in [0.25, 0.3) is 0 Å². The van der Waals surface area contributed by atoms with Crippen LogP contribution in [0, 0.1) is 3.57 Å². The van der Waals surface area contributed by atoms with E-state index >= 15 is 0 Å². The van der Waals surface area contributed by atoms with E-state index in [1.54, 1.807) is 0 Å². The SMILES string of the molecule is Brc1cc(I)cc2c1[Se]c1cccc3cccc-2c13. The predicted octanol–water partition coefficient (Wildman–Crippen LogP) is 3.84. The molecule has 0 saturated carbocycles. The Morgan fingerprint density at radius 1 is 0.947 bits per heavy atom. The molecule has 3 aromatic rings. The topological polar surface area (TPSA) is 0 Å². The van der Waals surface area contributed by atoms with Crippen molar-refractivity contribution in [1.82, 2.24) is 0 Å². The molecule has 0 radical (unpaired) electrons. The van der Waals surface area contributed by atoms with E-state index in [9.17, 15) is 0 Å². The molecule has 1 aliphatic rings. The quantitative estimate of drug-likeness (QED) is 0.262. The molecule has 0 bridgehead atoms. The number of fused-ring (bicyclic) bond motifs is 2. The van der Waals surface area contributed by atoms with Gasteiger partial charge in [0.1, 0.15) is 0 Å². The summed E-state index contributed by atoms with van der Waals surface area (Å²) in [5.41, 5.74) is 2.79. The Morgan fingerprint density at radius 2 is 1.74 bits per heavy atom. The summed E-state index contributed by atoms with van der Waals surface area (Å²) in [5, 5.41) is 2.81. The summed E-state index contributed by atoms with van der Waals surface area (Å²) in [7, 11) is 0. The van der Waals surface area contributed by atoms with Crippen LogP contribution in [0.5, 0.6) is 0 Å². The Bertz CT molecular complexity index is 821. The zero-order chi connectivity index (χ0) is 13.0. The van der Waals surface area contributed by atoms with Crippen LogP contribution < -0.4 is 8.92 Å². The first-order chi connectivity index (χ1) is 9.24. The molecule has 0 amide bonds. The van der Waals surface area contributed by atoms with Gasteiger partial charge in [0.2, 0.25) is 0 Å². The average Bonchev–Trinajstić information content (AvgIpc) is 2.41. The van der Waals surface area contributed by atoms with Gasteiger partial charge in [-0.2, -0.15) is 0 Å². The molecule has 0 aliphatic carbocycles. The molecular formula is C16H8BrISe. The van der Waals surface area contributed by atoms with Gasteiger partial charge in [-0.25, -0.2) is 0 Å². The van der Waals surface area contributed by atoms with Crippen LogP contribution in [-0.4, -0.2) is 15.0 Å². The van der Waals surface area contributed by atoms with Crippen molar-refractivity contribution in [1.29, 1.82) is 0 Å². The first-order valence-corrected chi connectivity index (χ1v) is 9.51. The fraction of sp³-hybridized carbons (Fsp3) is 0. The van der Waals surface area contributed by atoms with E-state index < -0.39 is 0 Å². The monoisotopic (exact) mass is 486 g/mol. The van der Waals surface area contributed by atoms with Gasteiger partial charge in [-0.1, -0.05) is 0 Å². The molecule has 3 aromatic carbocycles. The molecule has 4 rings (SSSR count). The van der Waals surface area contributed by atoms with Crippen molar-refractivity contribution in [2.75, 3.05) is 0 Å². The molecule has 0 unspecified atom stereocenters. The molecule has 1 aliphatic heterocycles. The van der Waals surface area contributed by atoms with Gasteiger partial charge in [0.15, 0.2) is 0 Å². The van der Waals surface area contributed by atoms with Crippen LogP contribution in [0.1, 0.15) is 0 Å². The van der Waals surface area contributed by atoms with Gasteiger partial charge in [0.05, 0.1) is 0 Å². The van der Waals surface area contributed by atoms with Gasteiger partial charge in [-0.3, -0.25) is 0 Å². The van der Waals surface area contributed by atoms with Crippen LogP contribution >= 0.6 is 38.5 Å². The van der Waals surface area contributed by atoms with Crippen molar-refractivity contribution >= 4 is 73.2 Å². The molecule has 0 aromatic heterocycles. The normalized spacial score (nSPS) is 12.5. The van der Waals surface area contributed by atoms with Gasteiger partial charge in [-0.15, -0.1) is 0 Å². The zero-order valence-corrected chi connectivity index (χ0v) is 15.2. The number of halogens is 2. The second kappa shape index (κ2) is 4.59. The van der Waals surface area contributed by atoms with E-state index in [2.05, 4.69) is 87.1 Å². The molecule has 0 fully saturated rings. The summed E-state index contributed by atoms with van der Waals surface area (Å²) >= 11 is 6.52. The van der Waals surface area contributed by atoms with Gasteiger partial charge in [-0.05, 0) is 0 Å². The fourth-order valence-corrected chi connectivity index (χ4v) is 6.90. The molecule has 0 N–H and O–H groups in total. The fourth-order valence-electron chi connectivity index (χ4n) is 2.59. The molecule has 19 heavy (non-hydrogen) atoms. The second-order valence-electron chi connectivity index (χ2n) is 4.53. The average molecular weight is 486 g/mol. The van der Waals surface area contributed by atoms with E-state index in [0.717, 1.165) is 0 Å². The summed E-state index contributed by atoms with van der Waals surface area (Å²) in [6, 6.07) is 17.8. The molecule has 0 spiro atoms. The Morgan fingerprint density at radius 3 is 2.58 bits per heavy atom. The molecule has 0 saturated heterocycles. The van der Waals surface area contributed by atoms with E-state index in [0.29, 0.717) is 15.0 Å². The standard InChI is InChI=1S/C16H8BrISe/c17-13-8-10(18)7-12-11-5-1-3-9-4-2-6-14(15(9)11)19-16(12)13/h1-8H. The van der Waals surface area contributed by atoms with Crippen molar-refractivity contribution in [3.63, 3.8) is 0 Å². The van der Waals surface area contributed by atoms with Crippen molar-refractivity contribution in [3.8, 4) is 11.1 Å². The summed E-state index contributed by atoms with van der Waals surface area (Å²) in [6.07, 6.45) is 0. The maximum absolute atomic E-state index is 3.74. The summed E-state index contributed by atoms with van der Waals surface area (Å²) < 4.78 is 5.51. The number of hydrogen-bond donors (Lipinski definition) is 0. The van der Waals surface area contributed by atoms with Crippen molar-refractivity contribution in [2.45, 2.75) is 0 Å². The first kappa shape index (κ1) is 12.4. The Hall–Kier alpha value is -0.351. The van der Waals surface area contributed by atoms with Crippen LogP contribution in [0.4, 0.5) is 0 Å². The molecule has 0 atom stereocenters. The van der Waals surface area contributed by atoms with Crippen LogP contribution in [0.3, 0.4) is 0 Å². The maximum atomic E-state index is 3.74. The predicted molar refractivity (Wildman–Crippen MR) is 94.8 cm³/mol. The van der Waals surface area contributed by atoms with E-state index in [1.165, 1.54) is 38.9 Å². The minimum absolute atomic E-state index is 0.381. The Kier molecular flexibility index (Phi) is 2.99. The molecule has 0 nitrogen and oxygen atoms in total. The molecule has 1 heterocycles. The summed E-state index contributed by atoms with van der Waals surface area (Å²) in [4.78, 5) is 0. The molecular weight excluding hydrogens is 478 g/mol. The number of rotatable bonds is 0. The van der Waals surface area contributed by atoms with Crippen molar-refractivity contribution in [2.24, 2.45) is 0 Å². The first-order valence-electron chi connectivity index (χ1n) is 5.93. The Balaban J connectivity index is 2.19. The van der Waals surface area contributed by atoms with Crippen LogP contribution in [0.25, 0.3) is 21.9 Å². The third-order valence-electron chi connectivity index (χ3n) is 3.38. The third kappa shape index (κ3) is 1.90. The number of benzene rings is 3. The van der Waals surface area contributed by atoms with Crippen molar-refractivity contribution in [3.05, 3.63) is 56.6 Å². The number of hydrogen-bond acceptors (Lipinski definition) is 0. The van der Waals surface area contributed by atoms with E-state index in [-0.39, 0.29) is 0 Å². The zero-order valence-electron chi connectivity index (χ0n) is 9.78. The summed E-state index contributed by atoms with van der Waals surface area (Å²) in [5.74, 6) is 0. The van der Waals surface area contributed by atoms with E-state index in [1.807, 2.05) is 0 Å². The van der Waals surface area contributed by atoms with Crippen LogP contribution in [0.15, 0.2) is 53.0 Å².